The number of nitrogens with zero attached hydrogens (tertiary/aromatic N) is 3. The van der Waals surface area contributed by atoms with Crippen LogP contribution >= 0.6 is 23.2 Å². The molecule has 0 N–H and O–H groups in total. The van der Waals surface area contributed by atoms with Gasteiger partial charge in [0.1, 0.15) is 12.4 Å². The molecule has 0 atom stereocenters. The zero-order valence-electron chi connectivity index (χ0n) is 21.8. The van der Waals surface area contributed by atoms with Crippen LogP contribution in [0.2, 0.25) is 10.0 Å². The average molecular weight is 656 g/mol. The number of carbonyl (C=O) groups is 1. The van der Waals surface area contributed by atoms with E-state index in [1.807, 2.05) is 24.3 Å². The molecular weight excluding hydrogens is 624 g/mol. The van der Waals surface area contributed by atoms with Crippen molar-refractivity contribution in [3.05, 3.63) is 69.3 Å². The summed E-state index contributed by atoms with van der Waals surface area (Å²) in [5.41, 5.74) is 6.40. The van der Waals surface area contributed by atoms with Gasteiger partial charge in [-0.1, -0.05) is 23.2 Å². The van der Waals surface area contributed by atoms with Crippen molar-refractivity contribution in [2.75, 3.05) is 29.5 Å². The number of ether oxygens (including phenoxy) is 1. The van der Waals surface area contributed by atoms with Crippen LogP contribution in [0.4, 0.5) is 11.4 Å². The van der Waals surface area contributed by atoms with Crippen molar-refractivity contribution in [1.29, 1.82) is 0 Å². The Kier molecular flexibility index (Phi) is 9.94. The Morgan fingerprint density at radius 2 is 1.70 bits per heavy atom. The fourth-order valence-corrected chi connectivity index (χ4v) is 4.87. The highest BCUT2D eigenvalue weighted by Crippen LogP contribution is 2.45. The quantitative estimate of drug-likeness (QED) is 0.160. The van der Waals surface area contributed by atoms with Gasteiger partial charge in [-0.15, -0.1) is 0 Å². The number of hydrogen-bond donors (Lipinski definition) is 0. The Labute approximate surface area is 245 Å². The third-order valence-electron chi connectivity index (χ3n) is 6.45. The maximum Gasteiger partial charge on any atom is 0.374 e. The van der Waals surface area contributed by atoms with E-state index in [1.165, 1.54) is 18.1 Å². The first-order valence-electron chi connectivity index (χ1n) is 12.2. The van der Waals surface area contributed by atoms with Crippen LogP contribution in [0.3, 0.4) is 0 Å². The van der Waals surface area contributed by atoms with Crippen LogP contribution in [0.15, 0.2) is 46.7 Å². The van der Waals surface area contributed by atoms with Crippen molar-refractivity contribution in [3.63, 3.8) is 0 Å². The monoisotopic (exact) mass is 655 g/mol. The lowest BCUT2D eigenvalue weighted by Gasteiger charge is -2.24. The number of anilines is 2. The Hall–Kier alpha value is -2.23. The molecule has 2 heterocycles. The summed E-state index contributed by atoms with van der Waals surface area (Å²) < 4.78 is 13.5. The van der Waals surface area contributed by atoms with Crippen molar-refractivity contribution in [1.82, 2.24) is 0 Å². The van der Waals surface area contributed by atoms with Crippen molar-refractivity contribution >= 4 is 57.7 Å². The topological polar surface area (TPSA) is 49.8 Å². The van der Waals surface area contributed by atoms with Gasteiger partial charge in [0.15, 0.2) is 0 Å². The van der Waals surface area contributed by atoms with Crippen LogP contribution in [0, 0.1) is 13.8 Å². The molecule has 0 amide bonds. The Balaban J connectivity index is 0.00000380. The number of benzene rings is 2. The molecule has 3 aromatic rings. The van der Waals surface area contributed by atoms with Gasteiger partial charge in [0.05, 0.1) is 34.1 Å². The molecule has 198 valence electrons. The van der Waals surface area contributed by atoms with Gasteiger partial charge in [0, 0.05) is 26.1 Å². The van der Waals surface area contributed by atoms with Crippen molar-refractivity contribution in [2.45, 2.75) is 47.6 Å². The largest absolute Gasteiger partial charge is 1.00 e. The smallest absolute Gasteiger partial charge is 0.374 e. The molecular formula is C28H32Cl2IN3O3. The molecule has 4 rings (SSSR count). The molecule has 6 nitrogen and oxygen atoms in total. The van der Waals surface area contributed by atoms with Gasteiger partial charge in [0.2, 0.25) is 5.58 Å². The van der Waals surface area contributed by atoms with E-state index >= 15 is 0 Å². The molecule has 1 aromatic heterocycles. The van der Waals surface area contributed by atoms with Crippen LogP contribution in [0.1, 0.15) is 44.2 Å². The number of allylic oxidation sites excluding steroid dienone is 2. The third-order valence-corrected chi connectivity index (χ3v) is 7.17. The maximum atomic E-state index is 11.2. The number of fused-ring (bicyclic) bond motifs is 2. The van der Waals surface area contributed by atoms with Gasteiger partial charge in [-0.05, 0) is 75.6 Å². The van der Waals surface area contributed by atoms with E-state index < -0.39 is 0 Å². The lowest BCUT2D eigenvalue weighted by molar-refractivity contribution is -0.674. The van der Waals surface area contributed by atoms with Gasteiger partial charge in [-0.3, -0.25) is 4.79 Å². The normalized spacial score (nSPS) is 14.1. The number of hydrogen-bond acceptors (Lipinski definition) is 5. The van der Waals surface area contributed by atoms with Crippen LogP contribution in [-0.4, -0.2) is 25.7 Å². The predicted molar refractivity (Wildman–Crippen MR) is 147 cm³/mol. The summed E-state index contributed by atoms with van der Waals surface area (Å²) in [6, 6.07) is 8.07. The minimum Gasteiger partial charge on any atom is -1.00 e. The molecule has 0 aliphatic carbocycles. The van der Waals surface area contributed by atoms with Gasteiger partial charge < -0.3 is 42.9 Å². The molecule has 0 radical (unpaired) electrons. The molecule has 1 aliphatic heterocycles. The minimum atomic E-state index is -0.277. The van der Waals surface area contributed by atoms with Crippen LogP contribution in [0.25, 0.3) is 17.2 Å². The fraction of sp³-hybridized carbons (Fsp3) is 0.357. The molecule has 2 aromatic carbocycles. The lowest BCUT2D eigenvalue weighted by atomic mass is 10.1. The number of rotatable bonds is 8. The first-order valence-corrected chi connectivity index (χ1v) is 13.0. The van der Waals surface area contributed by atoms with E-state index in [1.54, 1.807) is 0 Å². The first-order chi connectivity index (χ1) is 17.2. The summed E-state index contributed by atoms with van der Waals surface area (Å²) in [5.74, 6) is 1.51. The molecule has 1 aliphatic rings. The number of carbonyl (C=O) groups excluding carboxylic acids is 1. The van der Waals surface area contributed by atoms with Crippen molar-refractivity contribution in [3.8, 4) is 0 Å². The van der Waals surface area contributed by atoms with E-state index in [0.717, 1.165) is 47.3 Å². The second-order valence-corrected chi connectivity index (χ2v) is 9.63. The Morgan fingerprint density at radius 1 is 1.05 bits per heavy atom. The highest BCUT2D eigenvalue weighted by atomic mass is 127. The summed E-state index contributed by atoms with van der Waals surface area (Å²) in [4.78, 5) is 15.6. The second kappa shape index (κ2) is 12.5. The second-order valence-electron chi connectivity index (χ2n) is 8.82. The van der Waals surface area contributed by atoms with Crippen LogP contribution < -0.4 is 38.3 Å². The minimum absolute atomic E-state index is 0. The summed E-state index contributed by atoms with van der Waals surface area (Å²) in [6.07, 6.45) is 6.75. The van der Waals surface area contributed by atoms with E-state index in [2.05, 4.69) is 60.3 Å². The maximum absolute atomic E-state index is 11.2. The fourth-order valence-electron chi connectivity index (χ4n) is 4.56. The Bertz CT molecular complexity index is 1370. The van der Waals surface area contributed by atoms with E-state index in [0.29, 0.717) is 29.6 Å². The molecule has 0 saturated carbocycles. The zero-order valence-corrected chi connectivity index (χ0v) is 25.4. The number of aromatic nitrogens is 1. The van der Waals surface area contributed by atoms with Gasteiger partial charge in [-0.25, -0.2) is 0 Å². The van der Waals surface area contributed by atoms with Crippen molar-refractivity contribution < 1.29 is 42.5 Å². The summed E-state index contributed by atoms with van der Waals surface area (Å²) in [7, 11) is 0. The van der Waals surface area contributed by atoms with Crippen LogP contribution in [-0.2, 0) is 16.1 Å². The molecule has 37 heavy (non-hydrogen) atoms. The number of halogens is 3. The lowest BCUT2D eigenvalue weighted by Crippen LogP contribution is -3.00. The number of aryl methyl sites for hydroxylation is 3. The van der Waals surface area contributed by atoms with Crippen LogP contribution in [0.5, 0.6) is 0 Å². The van der Waals surface area contributed by atoms with Gasteiger partial charge in [-0.2, -0.15) is 4.57 Å². The van der Waals surface area contributed by atoms with E-state index in [4.69, 9.17) is 32.4 Å². The predicted octanol–water partition coefficient (Wildman–Crippen LogP) is 3.82. The van der Waals surface area contributed by atoms with Gasteiger partial charge in [0.25, 0.3) is 5.52 Å². The highest BCUT2D eigenvalue weighted by molar-refractivity contribution is 6.42. The summed E-state index contributed by atoms with van der Waals surface area (Å²) in [5, 5.41) is 1.02. The molecule has 0 spiro atoms. The molecule has 0 fully saturated rings. The standard InChI is InChI=1S/C28H32Cl2N3O3.HI/c1-6-31-23-16-21(29)22(30)17-24(23)33(12-9-13-35-20(5)34)27(31)10-8-11-28-32(7-2)25-14-18(3)19(4)15-26(25)36-28;/h8,10-11,14-17H,6-7,9,12-13H2,1-5H3;1H/q+1;/p-1. The highest BCUT2D eigenvalue weighted by Gasteiger charge is 2.31. The molecule has 0 saturated heterocycles. The SMILES string of the molecule is CCN1/C(=C/C=C\c2oc3cc(C)c(C)cc3[n+]2CC)N(CCCOC(C)=O)c2cc(Cl)c(Cl)cc21.[I-]. The van der Waals surface area contributed by atoms with E-state index in [9.17, 15) is 4.79 Å². The third kappa shape index (κ3) is 6.10. The zero-order chi connectivity index (χ0) is 26.0. The molecule has 9 heteroatoms. The van der Waals surface area contributed by atoms with Crippen molar-refractivity contribution in [2.24, 2.45) is 0 Å². The molecule has 0 unspecified atom stereocenters. The summed E-state index contributed by atoms with van der Waals surface area (Å²) >= 11 is 12.7. The van der Waals surface area contributed by atoms with E-state index in [-0.39, 0.29) is 29.9 Å². The molecule has 0 bridgehead atoms. The Morgan fingerprint density at radius 3 is 2.32 bits per heavy atom. The van der Waals surface area contributed by atoms with Gasteiger partial charge >= 0.3 is 11.9 Å². The first kappa shape index (κ1) is 29.3. The average Bonchev–Trinajstić information content (AvgIpc) is 3.31. The summed E-state index contributed by atoms with van der Waals surface area (Å²) in [6.45, 7) is 12.4. The number of esters is 1. The number of oxazole rings is 1.